The molecule has 3 rings (SSSR count). The molecule has 0 aromatic heterocycles. The number of hydrogen-bond donors (Lipinski definition) is 2. The Morgan fingerprint density at radius 3 is 2.32 bits per heavy atom. The molecule has 0 aromatic rings. The first-order chi connectivity index (χ1) is 8.59. The third kappa shape index (κ3) is 1.44. The Morgan fingerprint density at radius 1 is 1.11 bits per heavy atom. The fourth-order valence-electron chi connectivity index (χ4n) is 5.17. The van der Waals surface area contributed by atoms with Crippen molar-refractivity contribution in [2.45, 2.75) is 83.7 Å². The SMILES string of the molecule is CC(C)[C@]1(O)[C@@H](O)C[C@]2(C)C[C@@H]3O[C@]3(C)CC[C@]21C. The average molecular weight is 268 g/mol. The molecule has 0 aromatic carbocycles. The maximum absolute atomic E-state index is 11.3. The third-order valence-corrected chi connectivity index (χ3v) is 7.04. The van der Waals surface area contributed by atoms with Gasteiger partial charge in [-0.25, -0.2) is 0 Å². The van der Waals surface area contributed by atoms with E-state index in [4.69, 9.17) is 4.74 Å². The number of aliphatic hydroxyl groups excluding tert-OH is 1. The predicted molar refractivity (Wildman–Crippen MR) is 73.8 cm³/mol. The van der Waals surface area contributed by atoms with Gasteiger partial charge in [0.2, 0.25) is 0 Å². The zero-order valence-corrected chi connectivity index (χ0v) is 12.9. The highest BCUT2D eigenvalue weighted by molar-refractivity contribution is 5.21. The number of fused-ring (bicyclic) bond motifs is 2. The second kappa shape index (κ2) is 3.55. The molecule has 0 amide bonds. The largest absolute Gasteiger partial charge is 0.390 e. The molecule has 1 aliphatic heterocycles. The second-order valence-corrected chi connectivity index (χ2v) is 8.22. The van der Waals surface area contributed by atoms with Gasteiger partial charge in [-0.05, 0) is 43.9 Å². The van der Waals surface area contributed by atoms with Crippen LogP contribution >= 0.6 is 0 Å². The fourth-order valence-corrected chi connectivity index (χ4v) is 5.17. The van der Waals surface area contributed by atoms with Crippen molar-refractivity contribution in [3.05, 3.63) is 0 Å². The number of aliphatic hydroxyl groups is 2. The van der Waals surface area contributed by atoms with Crippen molar-refractivity contribution in [1.82, 2.24) is 0 Å². The summed E-state index contributed by atoms with van der Waals surface area (Å²) in [5.74, 6) is 0.0671. The van der Waals surface area contributed by atoms with Crippen LogP contribution in [0.3, 0.4) is 0 Å². The highest BCUT2D eigenvalue weighted by atomic mass is 16.6. The van der Waals surface area contributed by atoms with E-state index in [1.165, 1.54) is 0 Å². The summed E-state index contributed by atoms with van der Waals surface area (Å²) in [6.07, 6.45) is 3.28. The van der Waals surface area contributed by atoms with Crippen LogP contribution in [0.5, 0.6) is 0 Å². The van der Waals surface area contributed by atoms with E-state index < -0.39 is 11.7 Å². The maximum atomic E-state index is 11.3. The van der Waals surface area contributed by atoms with Gasteiger partial charge in [0.15, 0.2) is 0 Å². The minimum atomic E-state index is -0.977. The van der Waals surface area contributed by atoms with Crippen LogP contribution in [0.4, 0.5) is 0 Å². The van der Waals surface area contributed by atoms with Gasteiger partial charge in [0.1, 0.15) is 0 Å². The molecule has 3 aliphatic rings. The molecule has 0 bridgehead atoms. The zero-order chi connectivity index (χ0) is 14.3. The summed E-state index contributed by atoms with van der Waals surface area (Å²) in [5, 5.41) is 21.8. The Hall–Kier alpha value is -0.120. The van der Waals surface area contributed by atoms with Crippen LogP contribution in [0, 0.1) is 16.7 Å². The van der Waals surface area contributed by atoms with Gasteiger partial charge < -0.3 is 14.9 Å². The van der Waals surface area contributed by atoms with Gasteiger partial charge in [-0.2, -0.15) is 0 Å². The second-order valence-electron chi connectivity index (χ2n) is 8.22. The van der Waals surface area contributed by atoms with Crippen molar-refractivity contribution < 1.29 is 14.9 Å². The molecule has 2 aliphatic carbocycles. The molecule has 1 heterocycles. The van der Waals surface area contributed by atoms with Crippen LogP contribution in [0.2, 0.25) is 0 Å². The van der Waals surface area contributed by atoms with Crippen LogP contribution < -0.4 is 0 Å². The lowest BCUT2D eigenvalue weighted by atomic mass is 9.57. The summed E-state index contributed by atoms with van der Waals surface area (Å²) in [7, 11) is 0. The zero-order valence-electron chi connectivity index (χ0n) is 12.9. The van der Waals surface area contributed by atoms with Gasteiger partial charge in [-0.3, -0.25) is 0 Å². The third-order valence-electron chi connectivity index (χ3n) is 7.04. The number of ether oxygens (including phenoxy) is 1. The van der Waals surface area contributed by atoms with Crippen molar-refractivity contribution >= 4 is 0 Å². The number of hydrogen-bond acceptors (Lipinski definition) is 3. The minimum absolute atomic E-state index is 0.0270. The van der Waals surface area contributed by atoms with Crippen molar-refractivity contribution in [1.29, 1.82) is 0 Å². The van der Waals surface area contributed by atoms with Gasteiger partial charge in [0.05, 0.1) is 23.4 Å². The summed E-state index contributed by atoms with van der Waals surface area (Å²) in [5.41, 5.74) is -1.22. The normalized spacial score (nSPS) is 60.6. The first-order valence-corrected chi connectivity index (χ1v) is 7.67. The highest BCUT2D eigenvalue weighted by Gasteiger charge is 2.72. The molecule has 6 atom stereocenters. The molecule has 1 saturated heterocycles. The molecular formula is C16H28O3. The Labute approximate surface area is 116 Å². The van der Waals surface area contributed by atoms with Crippen molar-refractivity contribution in [3.8, 4) is 0 Å². The quantitative estimate of drug-likeness (QED) is 0.718. The van der Waals surface area contributed by atoms with Gasteiger partial charge in [0, 0.05) is 5.41 Å². The minimum Gasteiger partial charge on any atom is -0.390 e. The fraction of sp³-hybridized carbons (Fsp3) is 1.00. The Kier molecular flexibility index (Phi) is 2.59. The van der Waals surface area contributed by atoms with Crippen molar-refractivity contribution in [3.63, 3.8) is 0 Å². The van der Waals surface area contributed by atoms with E-state index in [-0.39, 0.29) is 22.3 Å². The van der Waals surface area contributed by atoms with E-state index in [0.717, 1.165) is 19.3 Å². The van der Waals surface area contributed by atoms with Crippen LogP contribution in [0.1, 0.15) is 60.3 Å². The predicted octanol–water partition coefficient (Wildman–Crippen LogP) is 2.49. The molecule has 3 heteroatoms. The smallest absolute Gasteiger partial charge is 0.0986 e. The Balaban J connectivity index is 2.04. The van der Waals surface area contributed by atoms with Crippen molar-refractivity contribution in [2.24, 2.45) is 16.7 Å². The molecular weight excluding hydrogens is 240 g/mol. The summed E-state index contributed by atoms with van der Waals surface area (Å²) >= 11 is 0. The Morgan fingerprint density at radius 2 is 1.74 bits per heavy atom. The van der Waals surface area contributed by atoms with Gasteiger partial charge >= 0.3 is 0 Å². The summed E-state index contributed by atoms with van der Waals surface area (Å²) in [6, 6.07) is 0. The lowest BCUT2D eigenvalue weighted by Crippen LogP contribution is -2.56. The lowest BCUT2D eigenvalue weighted by Gasteiger charge is -2.50. The van der Waals surface area contributed by atoms with Crippen LogP contribution in [0.25, 0.3) is 0 Å². The first kappa shape index (κ1) is 13.8. The molecule has 3 fully saturated rings. The maximum Gasteiger partial charge on any atom is 0.0986 e. The molecule has 110 valence electrons. The molecule has 3 nitrogen and oxygen atoms in total. The highest BCUT2D eigenvalue weighted by Crippen LogP contribution is 2.69. The van der Waals surface area contributed by atoms with Crippen LogP contribution in [-0.4, -0.2) is 33.6 Å². The molecule has 0 spiro atoms. The van der Waals surface area contributed by atoms with Gasteiger partial charge in [-0.15, -0.1) is 0 Å². The molecule has 2 N–H and O–H groups in total. The molecule has 2 saturated carbocycles. The van der Waals surface area contributed by atoms with E-state index in [9.17, 15) is 10.2 Å². The van der Waals surface area contributed by atoms with Crippen LogP contribution in [0.15, 0.2) is 0 Å². The number of rotatable bonds is 1. The van der Waals surface area contributed by atoms with E-state index >= 15 is 0 Å². The van der Waals surface area contributed by atoms with Gasteiger partial charge in [-0.1, -0.05) is 27.7 Å². The molecule has 0 unspecified atom stereocenters. The lowest BCUT2D eigenvalue weighted by molar-refractivity contribution is -0.168. The Bertz CT molecular complexity index is 409. The van der Waals surface area contributed by atoms with E-state index in [2.05, 4.69) is 20.8 Å². The number of epoxide rings is 1. The molecule has 0 radical (unpaired) electrons. The van der Waals surface area contributed by atoms with Crippen LogP contribution in [-0.2, 0) is 4.74 Å². The standard InChI is InChI=1S/C16H28O3/c1-10(2)16(18)11(17)8-13(3)9-12-14(4,19-12)6-7-15(13,16)5/h10-12,17-18H,6-9H2,1-5H3/t11-,12-,13+,14+,15+,16-/m0/s1. The van der Waals surface area contributed by atoms with E-state index in [0.29, 0.717) is 12.5 Å². The van der Waals surface area contributed by atoms with Gasteiger partial charge in [0.25, 0.3) is 0 Å². The summed E-state index contributed by atoms with van der Waals surface area (Å²) < 4.78 is 5.86. The molecule has 19 heavy (non-hydrogen) atoms. The van der Waals surface area contributed by atoms with Crippen molar-refractivity contribution in [2.75, 3.05) is 0 Å². The van der Waals surface area contributed by atoms with E-state index in [1.54, 1.807) is 0 Å². The monoisotopic (exact) mass is 268 g/mol. The van der Waals surface area contributed by atoms with E-state index in [1.807, 2.05) is 13.8 Å². The topological polar surface area (TPSA) is 53.0 Å². The first-order valence-electron chi connectivity index (χ1n) is 7.67. The summed E-state index contributed by atoms with van der Waals surface area (Å²) in [6.45, 7) is 10.7. The summed E-state index contributed by atoms with van der Waals surface area (Å²) in [4.78, 5) is 0. The average Bonchev–Trinajstić information content (AvgIpc) is 2.90.